The Bertz CT molecular complexity index is 1530. The van der Waals surface area contributed by atoms with E-state index in [1.165, 1.54) is 0 Å². The first kappa shape index (κ1) is 20.2. The van der Waals surface area contributed by atoms with Crippen LogP contribution < -0.4 is 11.4 Å². The lowest BCUT2D eigenvalue weighted by Crippen LogP contribution is -2.30. The van der Waals surface area contributed by atoms with Crippen LogP contribution in [0.15, 0.2) is 80.5 Å². The number of nitrogens with two attached hydrogens (primary N) is 1. The molecule has 0 saturated carbocycles. The van der Waals surface area contributed by atoms with Gasteiger partial charge in [-0.15, -0.1) is 0 Å². The molecule has 0 bridgehead atoms. The van der Waals surface area contributed by atoms with Crippen LogP contribution in [0.1, 0.15) is 0 Å². The van der Waals surface area contributed by atoms with Crippen LogP contribution >= 0.6 is 43.5 Å². The van der Waals surface area contributed by atoms with Gasteiger partial charge in [0.15, 0.2) is 5.82 Å². The predicted molar refractivity (Wildman–Crippen MR) is 133 cm³/mol. The highest BCUT2D eigenvalue weighted by molar-refractivity contribution is 9.10. The van der Waals surface area contributed by atoms with E-state index in [4.69, 9.17) is 27.4 Å². The van der Waals surface area contributed by atoms with Crippen LogP contribution in [0.2, 0.25) is 5.02 Å². The van der Waals surface area contributed by atoms with Crippen molar-refractivity contribution in [2.45, 2.75) is 0 Å². The average Bonchev–Trinajstić information content (AvgIpc) is 2.76. The van der Waals surface area contributed by atoms with Crippen molar-refractivity contribution < 1.29 is 0 Å². The van der Waals surface area contributed by atoms with Gasteiger partial charge in [-0.05, 0) is 54.6 Å². The standard InChI is InChI=1S/C23H13Br2ClN4O/c24-14-5-1-12(2-6-14)20-21-19(17-11-15(25)7-10-18(17)28-20)23(31)30(27)22(29-21)13-3-8-16(26)9-4-13/h1-11H,27H2. The topological polar surface area (TPSA) is 73.8 Å². The van der Waals surface area contributed by atoms with Crippen molar-refractivity contribution in [3.05, 3.63) is 91.1 Å². The number of hydrogen-bond acceptors (Lipinski definition) is 4. The lowest BCUT2D eigenvalue weighted by atomic mass is 10.0. The maximum Gasteiger partial charge on any atom is 0.280 e. The molecule has 5 nitrogen and oxygen atoms in total. The Labute approximate surface area is 198 Å². The fourth-order valence-electron chi connectivity index (χ4n) is 3.54. The predicted octanol–water partition coefficient (Wildman–Crippen LogP) is 6.17. The SMILES string of the molecule is Nn1c(-c2ccc(Cl)cc2)nc2c(-c3ccc(Br)cc3)nc3ccc(Br)cc3c2c1=O. The fourth-order valence-corrected chi connectivity index (χ4v) is 4.29. The Hall–Kier alpha value is -2.74. The third-order valence-corrected chi connectivity index (χ3v) is 6.29. The zero-order valence-corrected chi connectivity index (χ0v) is 19.7. The van der Waals surface area contributed by atoms with Gasteiger partial charge in [0.2, 0.25) is 0 Å². The lowest BCUT2D eigenvalue weighted by Gasteiger charge is -2.14. The molecule has 31 heavy (non-hydrogen) atoms. The summed E-state index contributed by atoms with van der Waals surface area (Å²) in [6.45, 7) is 0. The Morgan fingerprint density at radius 3 is 2.19 bits per heavy atom. The Morgan fingerprint density at radius 1 is 0.839 bits per heavy atom. The lowest BCUT2D eigenvalue weighted by molar-refractivity contribution is 0.928. The van der Waals surface area contributed by atoms with Gasteiger partial charge < -0.3 is 5.84 Å². The molecule has 0 radical (unpaired) electrons. The molecule has 2 aromatic heterocycles. The molecule has 0 aliphatic rings. The molecule has 0 aliphatic heterocycles. The van der Waals surface area contributed by atoms with Crippen molar-refractivity contribution in [2.75, 3.05) is 5.84 Å². The smallest absolute Gasteiger partial charge is 0.280 e. The molecular weight excluding hydrogens is 544 g/mol. The molecule has 0 atom stereocenters. The second-order valence-corrected chi connectivity index (χ2v) is 9.24. The van der Waals surface area contributed by atoms with Crippen LogP contribution in [0.25, 0.3) is 44.5 Å². The Morgan fingerprint density at radius 2 is 1.48 bits per heavy atom. The molecule has 0 saturated heterocycles. The summed E-state index contributed by atoms with van der Waals surface area (Å²) in [7, 11) is 0. The van der Waals surface area contributed by atoms with E-state index in [9.17, 15) is 4.79 Å². The van der Waals surface area contributed by atoms with Crippen molar-refractivity contribution in [1.82, 2.24) is 14.6 Å². The second-order valence-electron chi connectivity index (χ2n) is 6.97. The zero-order valence-electron chi connectivity index (χ0n) is 15.8. The molecule has 2 heterocycles. The van der Waals surface area contributed by atoms with E-state index in [2.05, 4.69) is 31.9 Å². The minimum Gasteiger partial charge on any atom is -0.334 e. The van der Waals surface area contributed by atoms with Gasteiger partial charge in [-0.2, -0.15) is 0 Å². The van der Waals surface area contributed by atoms with Crippen LogP contribution in [0.5, 0.6) is 0 Å². The minimum atomic E-state index is -0.348. The van der Waals surface area contributed by atoms with Gasteiger partial charge in [0, 0.05) is 30.5 Å². The molecule has 3 aromatic carbocycles. The second kappa shape index (κ2) is 7.75. The molecule has 0 amide bonds. The maximum absolute atomic E-state index is 13.5. The molecule has 2 N–H and O–H groups in total. The number of fused-ring (bicyclic) bond motifs is 3. The van der Waals surface area contributed by atoms with Gasteiger partial charge >= 0.3 is 0 Å². The van der Waals surface area contributed by atoms with Crippen LogP contribution in [-0.2, 0) is 0 Å². The van der Waals surface area contributed by atoms with E-state index in [1.54, 1.807) is 24.3 Å². The highest BCUT2D eigenvalue weighted by Gasteiger charge is 2.19. The van der Waals surface area contributed by atoms with E-state index in [0.29, 0.717) is 43.9 Å². The molecule has 0 unspecified atom stereocenters. The summed E-state index contributed by atoms with van der Waals surface area (Å²) < 4.78 is 2.87. The number of nitrogen functional groups attached to an aromatic ring is 1. The molecular formula is C23H13Br2ClN4O. The number of benzene rings is 3. The largest absolute Gasteiger partial charge is 0.334 e. The first-order valence-corrected chi connectivity index (χ1v) is 11.2. The summed E-state index contributed by atoms with van der Waals surface area (Å²) in [5.74, 6) is 6.56. The van der Waals surface area contributed by atoms with Crippen LogP contribution in [0.3, 0.4) is 0 Å². The molecule has 0 fully saturated rings. The number of pyridine rings is 1. The van der Waals surface area contributed by atoms with Crippen LogP contribution in [0.4, 0.5) is 0 Å². The Balaban J connectivity index is 1.95. The maximum atomic E-state index is 13.5. The normalized spacial score (nSPS) is 11.3. The van der Waals surface area contributed by atoms with E-state index in [-0.39, 0.29) is 5.56 Å². The monoisotopic (exact) mass is 554 g/mol. The molecule has 5 rings (SSSR count). The van der Waals surface area contributed by atoms with Crippen molar-refractivity contribution >= 4 is 65.3 Å². The summed E-state index contributed by atoms with van der Waals surface area (Å²) in [5.41, 5.74) is 2.98. The van der Waals surface area contributed by atoms with Crippen LogP contribution in [0, 0.1) is 0 Å². The van der Waals surface area contributed by atoms with Gasteiger partial charge in [0.25, 0.3) is 5.56 Å². The van der Waals surface area contributed by atoms with E-state index in [1.807, 2.05) is 42.5 Å². The zero-order chi connectivity index (χ0) is 21.7. The summed E-state index contributed by atoms with van der Waals surface area (Å²) in [5, 5.41) is 1.69. The molecule has 0 aliphatic carbocycles. The molecule has 5 aromatic rings. The van der Waals surface area contributed by atoms with Crippen molar-refractivity contribution in [3.63, 3.8) is 0 Å². The summed E-state index contributed by atoms with van der Waals surface area (Å²) in [6, 6.07) is 20.4. The average molecular weight is 557 g/mol. The third-order valence-electron chi connectivity index (χ3n) is 5.02. The molecule has 152 valence electrons. The highest BCUT2D eigenvalue weighted by Crippen LogP contribution is 2.33. The van der Waals surface area contributed by atoms with E-state index in [0.717, 1.165) is 19.2 Å². The van der Waals surface area contributed by atoms with E-state index < -0.39 is 0 Å². The molecule has 0 spiro atoms. The van der Waals surface area contributed by atoms with Gasteiger partial charge in [0.05, 0.1) is 16.6 Å². The summed E-state index contributed by atoms with van der Waals surface area (Å²) in [6.07, 6.45) is 0. The van der Waals surface area contributed by atoms with Gasteiger partial charge in [0.1, 0.15) is 5.52 Å². The van der Waals surface area contributed by atoms with Crippen molar-refractivity contribution in [3.8, 4) is 22.6 Å². The summed E-state index contributed by atoms with van der Waals surface area (Å²) >= 11 is 13.0. The highest BCUT2D eigenvalue weighted by atomic mass is 79.9. The van der Waals surface area contributed by atoms with E-state index >= 15 is 0 Å². The number of halogens is 3. The van der Waals surface area contributed by atoms with Gasteiger partial charge in [-0.25, -0.2) is 14.6 Å². The molecule has 8 heteroatoms. The Kier molecular flexibility index (Phi) is 5.04. The van der Waals surface area contributed by atoms with Crippen molar-refractivity contribution in [1.29, 1.82) is 0 Å². The minimum absolute atomic E-state index is 0.337. The number of aromatic nitrogens is 3. The number of nitrogens with zero attached hydrogens (tertiary/aromatic N) is 3. The first-order valence-electron chi connectivity index (χ1n) is 9.25. The van der Waals surface area contributed by atoms with Gasteiger partial charge in [-0.1, -0.05) is 55.6 Å². The first-order chi connectivity index (χ1) is 14.9. The van der Waals surface area contributed by atoms with Gasteiger partial charge in [-0.3, -0.25) is 4.79 Å². The van der Waals surface area contributed by atoms with Crippen LogP contribution in [-0.4, -0.2) is 14.6 Å². The number of hydrogen-bond donors (Lipinski definition) is 1. The fraction of sp³-hybridized carbons (Fsp3) is 0. The quantitative estimate of drug-likeness (QED) is 0.209. The number of rotatable bonds is 2. The summed E-state index contributed by atoms with van der Waals surface area (Å²) in [4.78, 5) is 23.1. The third kappa shape index (κ3) is 3.52. The van der Waals surface area contributed by atoms with Crippen molar-refractivity contribution in [2.24, 2.45) is 0 Å².